The number of nitrogens with two attached hydrogens (primary N) is 1. The minimum absolute atomic E-state index is 0.116. The quantitative estimate of drug-likeness (QED) is 0.529. The molecule has 0 radical (unpaired) electrons. The molecule has 3 nitrogen and oxygen atoms in total. The fourth-order valence-corrected chi connectivity index (χ4v) is 0.824. The number of benzene rings is 1. The first-order valence-corrected chi connectivity index (χ1v) is 3.38. The summed E-state index contributed by atoms with van der Waals surface area (Å²) in [7, 11) is 0. The molecule has 3 heteroatoms. The number of rotatable bonds is 1. The van der Waals surface area contributed by atoms with Crippen LogP contribution in [0.4, 0.5) is 0 Å². The van der Waals surface area contributed by atoms with E-state index in [2.05, 4.69) is 0 Å². The summed E-state index contributed by atoms with van der Waals surface area (Å²) < 4.78 is 0. The third kappa shape index (κ3) is 1.62. The lowest BCUT2D eigenvalue weighted by molar-refractivity contribution is 0.403. The van der Waals surface area contributed by atoms with Gasteiger partial charge < -0.3 is 15.9 Å². The second kappa shape index (κ2) is 2.80. The van der Waals surface area contributed by atoms with Crippen molar-refractivity contribution in [2.45, 2.75) is 13.0 Å². The Bertz CT molecular complexity index is 258. The Morgan fingerprint density at radius 1 is 1.27 bits per heavy atom. The molecule has 0 heterocycles. The van der Waals surface area contributed by atoms with Crippen molar-refractivity contribution in [3.63, 3.8) is 0 Å². The van der Waals surface area contributed by atoms with Crippen molar-refractivity contribution in [2.24, 2.45) is 5.73 Å². The molecular weight excluding hydrogens is 142 g/mol. The summed E-state index contributed by atoms with van der Waals surface area (Å²) in [5, 5.41) is 18.0. The molecular formula is C8H11NO2. The molecule has 4 N–H and O–H groups in total. The third-order valence-electron chi connectivity index (χ3n) is 1.53. The highest BCUT2D eigenvalue weighted by molar-refractivity contribution is 5.41. The molecule has 0 aromatic heterocycles. The normalized spacial score (nSPS) is 12.9. The van der Waals surface area contributed by atoms with Crippen molar-refractivity contribution in [1.29, 1.82) is 0 Å². The van der Waals surface area contributed by atoms with Crippen LogP contribution in [0.15, 0.2) is 18.2 Å². The SMILES string of the molecule is CC(N)c1ccc(O)c(O)c1. The van der Waals surface area contributed by atoms with Gasteiger partial charge >= 0.3 is 0 Å². The average Bonchev–Trinajstić information content (AvgIpc) is 1.94. The topological polar surface area (TPSA) is 66.5 Å². The molecule has 60 valence electrons. The maximum Gasteiger partial charge on any atom is 0.157 e. The van der Waals surface area contributed by atoms with Crippen LogP contribution in [0.5, 0.6) is 11.5 Å². The van der Waals surface area contributed by atoms with Crippen molar-refractivity contribution < 1.29 is 10.2 Å². The minimum atomic E-state index is -0.125. The Labute approximate surface area is 65.1 Å². The second-order valence-corrected chi connectivity index (χ2v) is 2.54. The maximum absolute atomic E-state index is 9.04. The first-order chi connectivity index (χ1) is 5.11. The van der Waals surface area contributed by atoms with Crippen LogP contribution in [-0.2, 0) is 0 Å². The van der Waals surface area contributed by atoms with Crippen molar-refractivity contribution in [3.05, 3.63) is 23.8 Å². The van der Waals surface area contributed by atoms with E-state index in [-0.39, 0.29) is 17.5 Å². The number of phenols is 2. The van der Waals surface area contributed by atoms with E-state index < -0.39 is 0 Å². The van der Waals surface area contributed by atoms with Crippen LogP contribution in [0.1, 0.15) is 18.5 Å². The summed E-state index contributed by atoms with van der Waals surface area (Å²) in [5.41, 5.74) is 6.35. The molecule has 1 atom stereocenters. The Morgan fingerprint density at radius 2 is 1.91 bits per heavy atom. The minimum Gasteiger partial charge on any atom is -0.504 e. The summed E-state index contributed by atoms with van der Waals surface area (Å²) in [6, 6.07) is 4.44. The van der Waals surface area contributed by atoms with E-state index >= 15 is 0 Å². The average molecular weight is 153 g/mol. The van der Waals surface area contributed by atoms with Crippen LogP contribution in [-0.4, -0.2) is 10.2 Å². The molecule has 1 unspecified atom stereocenters. The van der Waals surface area contributed by atoms with Gasteiger partial charge in [-0.05, 0) is 24.6 Å². The van der Waals surface area contributed by atoms with E-state index in [0.717, 1.165) is 5.56 Å². The van der Waals surface area contributed by atoms with Gasteiger partial charge in [0.2, 0.25) is 0 Å². The summed E-state index contributed by atoms with van der Waals surface area (Å²) in [6.07, 6.45) is 0. The van der Waals surface area contributed by atoms with Gasteiger partial charge in [-0.15, -0.1) is 0 Å². The fourth-order valence-electron chi connectivity index (χ4n) is 0.824. The highest BCUT2D eigenvalue weighted by Gasteiger charge is 2.02. The van der Waals surface area contributed by atoms with Gasteiger partial charge in [-0.1, -0.05) is 6.07 Å². The van der Waals surface area contributed by atoms with Gasteiger partial charge in [-0.2, -0.15) is 0 Å². The largest absolute Gasteiger partial charge is 0.504 e. The standard InChI is InChI=1S/C8H11NO2/c1-5(9)6-2-3-7(10)8(11)4-6/h2-5,10-11H,9H2,1H3. The smallest absolute Gasteiger partial charge is 0.157 e. The number of hydrogen-bond donors (Lipinski definition) is 3. The lowest BCUT2D eigenvalue weighted by Crippen LogP contribution is -2.04. The van der Waals surface area contributed by atoms with Crippen LogP contribution < -0.4 is 5.73 Å². The third-order valence-corrected chi connectivity index (χ3v) is 1.53. The predicted octanol–water partition coefficient (Wildman–Crippen LogP) is 1.12. The molecule has 1 rings (SSSR count). The molecule has 11 heavy (non-hydrogen) atoms. The van der Waals surface area contributed by atoms with E-state index in [4.69, 9.17) is 15.9 Å². The van der Waals surface area contributed by atoms with Crippen molar-refractivity contribution >= 4 is 0 Å². The molecule has 0 aliphatic carbocycles. The van der Waals surface area contributed by atoms with Crippen molar-refractivity contribution in [2.75, 3.05) is 0 Å². The summed E-state index contributed by atoms with van der Waals surface area (Å²) in [4.78, 5) is 0. The van der Waals surface area contributed by atoms with E-state index in [1.54, 1.807) is 6.07 Å². The zero-order valence-electron chi connectivity index (χ0n) is 6.28. The zero-order chi connectivity index (χ0) is 8.43. The molecule has 1 aromatic rings. The Morgan fingerprint density at radius 3 is 2.36 bits per heavy atom. The first-order valence-electron chi connectivity index (χ1n) is 3.38. The Balaban J connectivity index is 3.05. The van der Waals surface area contributed by atoms with Gasteiger partial charge in [0, 0.05) is 6.04 Å². The fraction of sp³-hybridized carbons (Fsp3) is 0.250. The van der Waals surface area contributed by atoms with Crippen LogP contribution in [0.2, 0.25) is 0 Å². The van der Waals surface area contributed by atoms with E-state index in [9.17, 15) is 0 Å². The second-order valence-electron chi connectivity index (χ2n) is 2.54. The van der Waals surface area contributed by atoms with Gasteiger partial charge in [-0.3, -0.25) is 0 Å². The molecule has 0 bridgehead atoms. The van der Waals surface area contributed by atoms with Crippen LogP contribution in [0.25, 0.3) is 0 Å². The first kappa shape index (κ1) is 7.88. The molecule has 1 aromatic carbocycles. The van der Waals surface area contributed by atoms with Gasteiger partial charge in [0.15, 0.2) is 11.5 Å². The number of phenolic OH excluding ortho intramolecular Hbond substituents is 2. The number of aromatic hydroxyl groups is 2. The van der Waals surface area contributed by atoms with Gasteiger partial charge in [0.05, 0.1) is 0 Å². The Kier molecular flexibility index (Phi) is 2.01. The molecule has 0 aliphatic rings. The highest BCUT2D eigenvalue weighted by Crippen LogP contribution is 2.26. The molecule has 0 amide bonds. The molecule has 0 fully saturated rings. The lowest BCUT2D eigenvalue weighted by Gasteiger charge is -2.05. The predicted molar refractivity (Wildman–Crippen MR) is 42.4 cm³/mol. The summed E-state index contributed by atoms with van der Waals surface area (Å²) in [5.74, 6) is -0.241. The van der Waals surface area contributed by atoms with Crippen molar-refractivity contribution in [1.82, 2.24) is 0 Å². The summed E-state index contributed by atoms with van der Waals surface area (Å²) in [6.45, 7) is 1.81. The Hall–Kier alpha value is -1.22. The van der Waals surface area contributed by atoms with Crippen LogP contribution in [0, 0.1) is 0 Å². The maximum atomic E-state index is 9.04. The van der Waals surface area contributed by atoms with E-state index in [1.807, 2.05) is 6.92 Å². The van der Waals surface area contributed by atoms with Crippen molar-refractivity contribution in [3.8, 4) is 11.5 Å². The molecule has 0 aliphatic heterocycles. The van der Waals surface area contributed by atoms with Crippen LogP contribution >= 0.6 is 0 Å². The molecule has 0 spiro atoms. The summed E-state index contributed by atoms with van der Waals surface area (Å²) >= 11 is 0. The van der Waals surface area contributed by atoms with Gasteiger partial charge in [0.1, 0.15) is 0 Å². The van der Waals surface area contributed by atoms with E-state index in [1.165, 1.54) is 12.1 Å². The lowest BCUT2D eigenvalue weighted by atomic mass is 10.1. The van der Waals surface area contributed by atoms with E-state index in [0.29, 0.717) is 0 Å². The molecule has 0 saturated heterocycles. The van der Waals surface area contributed by atoms with Gasteiger partial charge in [0.25, 0.3) is 0 Å². The highest BCUT2D eigenvalue weighted by atomic mass is 16.3. The zero-order valence-corrected chi connectivity index (χ0v) is 6.28. The molecule has 0 saturated carbocycles. The number of hydrogen-bond acceptors (Lipinski definition) is 3. The van der Waals surface area contributed by atoms with Crippen LogP contribution in [0.3, 0.4) is 0 Å². The monoisotopic (exact) mass is 153 g/mol. The van der Waals surface area contributed by atoms with Gasteiger partial charge in [-0.25, -0.2) is 0 Å².